The van der Waals surface area contributed by atoms with E-state index in [4.69, 9.17) is 4.74 Å². The van der Waals surface area contributed by atoms with E-state index in [1.807, 2.05) is 24.1 Å². The van der Waals surface area contributed by atoms with Crippen molar-refractivity contribution in [3.63, 3.8) is 0 Å². The summed E-state index contributed by atoms with van der Waals surface area (Å²) in [5, 5.41) is 3.28. The highest BCUT2D eigenvalue weighted by Gasteiger charge is 2.25. The molecule has 5 nitrogen and oxygen atoms in total. The van der Waals surface area contributed by atoms with Crippen molar-refractivity contribution in [3.05, 3.63) is 24.3 Å². The minimum Gasteiger partial charge on any atom is -0.497 e. The van der Waals surface area contributed by atoms with Crippen LogP contribution in [0.4, 0.5) is 10.5 Å². The van der Waals surface area contributed by atoms with Gasteiger partial charge in [0, 0.05) is 37.9 Å². The van der Waals surface area contributed by atoms with E-state index in [0.717, 1.165) is 44.5 Å². The molecule has 0 radical (unpaired) electrons. The summed E-state index contributed by atoms with van der Waals surface area (Å²) in [6, 6.07) is 9.04. The minimum absolute atomic E-state index is 0.114. The molecule has 2 fully saturated rings. The smallest absolute Gasteiger partial charge is 0.317 e. The van der Waals surface area contributed by atoms with Crippen molar-refractivity contribution in [2.45, 2.75) is 69.9 Å². The van der Waals surface area contributed by atoms with E-state index in [1.54, 1.807) is 7.11 Å². The summed E-state index contributed by atoms with van der Waals surface area (Å²) in [6.45, 7) is 1.95. The van der Waals surface area contributed by atoms with E-state index in [-0.39, 0.29) is 12.1 Å². The highest BCUT2D eigenvalue weighted by molar-refractivity contribution is 5.74. The molecule has 1 saturated heterocycles. The van der Waals surface area contributed by atoms with Crippen molar-refractivity contribution < 1.29 is 9.53 Å². The number of rotatable bonds is 4. The number of methoxy groups -OCH3 is 1. The minimum atomic E-state index is 0.114. The molecule has 2 amide bonds. The average Bonchev–Trinajstić information content (AvgIpc) is 2.68. The third-order valence-electron chi connectivity index (χ3n) is 6.20. The number of amides is 2. The second-order valence-electron chi connectivity index (χ2n) is 8.02. The Morgan fingerprint density at radius 3 is 2.19 bits per heavy atom. The molecule has 0 spiro atoms. The zero-order valence-electron chi connectivity index (χ0n) is 17.0. The summed E-state index contributed by atoms with van der Waals surface area (Å²) >= 11 is 0. The Hall–Kier alpha value is -1.91. The van der Waals surface area contributed by atoms with Crippen LogP contribution >= 0.6 is 0 Å². The summed E-state index contributed by atoms with van der Waals surface area (Å²) in [6.07, 6.45) is 10.8. The Kier molecular flexibility index (Phi) is 7.25. The van der Waals surface area contributed by atoms with Crippen LogP contribution in [0.25, 0.3) is 0 Å². The maximum atomic E-state index is 12.7. The van der Waals surface area contributed by atoms with E-state index in [0.29, 0.717) is 6.04 Å². The lowest BCUT2D eigenvalue weighted by Crippen LogP contribution is -2.50. The quantitative estimate of drug-likeness (QED) is 0.850. The lowest BCUT2D eigenvalue weighted by molar-refractivity contribution is 0.172. The number of ether oxygens (including phenoxy) is 1. The van der Waals surface area contributed by atoms with E-state index in [9.17, 15) is 4.79 Å². The van der Waals surface area contributed by atoms with Gasteiger partial charge in [0.2, 0.25) is 0 Å². The number of carbonyl (C=O) groups is 1. The van der Waals surface area contributed by atoms with Gasteiger partial charge >= 0.3 is 6.03 Å². The molecule has 1 N–H and O–H groups in total. The Labute approximate surface area is 164 Å². The molecule has 1 aliphatic heterocycles. The standard InChI is InChI=1S/C22H35N3O2/c1-24(19-8-6-4-3-5-7-9-19)22(26)23-18-14-16-25(17-15-18)20-10-12-21(27-2)13-11-20/h10-13,18-19H,3-9,14-17H2,1-2H3,(H,23,26). The van der Waals surface area contributed by atoms with E-state index in [1.165, 1.54) is 37.8 Å². The van der Waals surface area contributed by atoms with Crippen LogP contribution in [-0.4, -0.2) is 50.3 Å². The maximum absolute atomic E-state index is 12.7. The molecule has 1 aromatic rings. The van der Waals surface area contributed by atoms with Gasteiger partial charge in [-0.2, -0.15) is 0 Å². The van der Waals surface area contributed by atoms with Crippen LogP contribution in [0.2, 0.25) is 0 Å². The summed E-state index contributed by atoms with van der Waals surface area (Å²) < 4.78 is 5.23. The summed E-state index contributed by atoms with van der Waals surface area (Å²) in [7, 11) is 3.67. The fourth-order valence-electron chi connectivity index (χ4n) is 4.34. The Morgan fingerprint density at radius 2 is 1.59 bits per heavy atom. The first-order chi connectivity index (χ1) is 13.2. The Morgan fingerprint density at radius 1 is 1.00 bits per heavy atom. The first kappa shape index (κ1) is 19.8. The van der Waals surface area contributed by atoms with Crippen LogP contribution in [0.1, 0.15) is 57.8 Å². The molecule has 0 atom stereocenters. The molecule has 1 aromatic carbocycles. The molecule has 0 aromatic heterocycles. The second-order valence-corrected chi connectivity index (χ2v) is 8.02. The van der Waals surface area contributed by atoms with Gasteiger partial charge in [0.15, 0.2) is 0 Å². The number of urea groups is 1. The number of nitrogens with one attached hydrogen (secondary N) is 1. The van der Waals surface area contributed by atoms with E-state index < -0.39 is 0 Å². The fourth-order valence-corrected chi connectivity index (χ4v) is 4.34. The number of hydrogen-bond donors (Lipinski definition) is 1. The van der Waals surface area contributed by atoms with Crippen molar-refractivity contribution in [3.8, 4) is 5.75 Å². The van der Waals surface area contributed by atoms with Gasteiger partial charge in [0.25, 0.3) is 0 Å². The van der Waals surface area contributed by atoms with Gasteiger partial charge in [0.05, 0.1) is 7.11 Å². The lowest BCUT2D eigenvalue weighted by atomic mass is 9.96. The third kappa shape index (κ3) is 5.53. The Bertz CT molecular complexity index is 574. The monoisotopic (exact) mass is 373 g/mol. The van der Waals surface area contributed by atoms with Gasteiger partial charge in [-0.05, 0) is 49.9 Å². The lowest BCUT2D eigenvalue weighted by Gasteiger charge is -2.36. The molecule has 1 aliphatic carbocycles. The predicted octanol–water partition coefficient (Wildman–Crippen LogP) is 4.42. The van der Waals surface area contributed by atoms with Gasteiger partial charge in [0.1, 0.15) is 5.75 Å². The second kappa shape index (κ2) is 9.86. The van der Waals surface area contributed by atoms with Crippen LogP contribution in [0.15, 0.2) is 24.3 Å². The van der Waals surface area contributed by atoms with E-state index >= 15 is 0 Å². The highest BCUT2D eigenvalue weighted by Crippen LogP contribution is 2.24. The highest BCUT2D eigenvalue weighted by atomic mass is 16.5. The molecule has 1 saturated carbocycles. The summed E-state index contributed by atoms with van der Waals surface area (Å²) in [4.78, 5) is 17.1. The number of piperidine rings is 1. The van der Waals surface area contributed by atoms with Crippen LogP contribution < -0.4 is 15.0 Å². The van der Waals surface area contributed by atoms with Crippen molar-refractivity contribution in [1.29, 1.82) is 0 Å². The van der Waals surface area contributed by atoms with Gasteiger partial charge in [-0.25, -0.2) is 4.79 Å². The number of anilines is 1. The van der Waals surface area contributed by atoms with Crippen molar-refractivity contribution >= 4 is 11.7 Å². The molecule has 5 heteroatoms. The molecule has 0 bridgehead atoms. The zero-order valence-corrected chi connectivity index (χ0v) is 17.0. The zero-order chi connectivity index (χ0) is 19.1. The first-order valence-corrected chi connectivity index (χ1v) is 10.6. The number of nitrogens with zero attached hydrogens (tertiary/aromatic N) is 2. The number of benzene rings is 1. The Balaban J connectivity index is 1.45. The largest absolute Gasteiger partial charge is 0.497 e. The molecule has 1 heterocycles. The normalized spacial score (nSPS) is 19.9. The molecular formula is C22H35N3O2. The summed E-state index contributed by atoms with van der Waals surface area (Å²) in [5.41, 5.74) is 1.23. The van der Waals surface area contributed by atoms with Crippen molar-refractivity contribution in [2.75, 3.05) is 32.1 Å². The van der Waals surface area contributed by atoms with Crippen LogP contribution in [0, 0.1) is 0 Å². The van der Waals surface area contributed by atoms with Gasteiger partial charge in [-0.15, -0.1) is 0 Å². The van der Waals surface area contributed by atoms with Crippen LogP contribution in [-0.2, 0) is 0 Å². The SMILES string of the molecule is COc1ccc(N2CCC(NC(=O)N(C)C3CCCCCCC3)CC2)cc1. The third-order valence-corrected chi connectivity index (χ3v) is 6.20. The topological polar surface area (TPSA) is 44.8 Å². The van der Waals surface area contributed by atoms with Crippen molar-refractivity contribution in [1.82, 2.24) is 10.2 Å². The van der Waals surface area contributed by atoms with Crippen molar-refractivity contribution in [2.24, 2.45) is 0 Å². The van der Waals surface area contributed by atoms with Crippen LogP contribution in [0.3, 0.4) is 0 Å². The number of carbonyl (C=O) groups excluding carboxylic acids is 1. The first-order valence-electron chi connectivity index (χ1n) is 10.6. The van der Waals surface area contributed by atoms with Gasteiger partial charge in [-0.1, -0.05) is 32.1 Å². The summed E-state index contributed by atoms with van der Waals surface area (Å²) in [5.74, 6) is 0.887. The molecule has 27 heavy (non-hydrogen) atoms. The maximum Gasteiger partial charge on any atom is 0.317 e. The molecule has 0 unspecified atom stereocenters. The van der Waals surface area contributed by atoms with Gasteiger partial charge < -0.3 is 19.9 Å². The predicted molar refractivity (Wildman–Crippen MR) is 111 cm³/mol. The van der Waals surface area contributed by atoms with Crippen LogP contribution in [0.5, 0.6) is 5.75 Å². The molecule has 150 valence electrons. The average molecular weight is 374 g/mol. The molecule has 2 aliphatic rings. The van der Waals surface area contributed by atoms with E-state index in [2.05, 4.69) is 22.3 Å². The molecule has 3 rings (SSSR count). The number of hydrogen-bond acceptors (Lipinski definition) is 3. The molecular weight excluding hydrogens is 338 g/mol. The van der Waals surface area contributed by atoms with Gasteiger partial charge in [-0.3, -0.25) is 0 Å². The fraction of sp³-hybridized carbons (Fsp3) is 0.682.